The zero-order valence-corrected chi connectivity index (χ0v) is 22.3. The van der Waals surface area contributed by atoms with Crippen LogP contribution in [-0.2, 0) is 0 Å². The first kappa shape index (κ1) is 27.3. The van der Waals surface area contributed by atoms with Crippen LogP contribution in [0.25, 0.3) is 68.5 Å². The standard InChI is InChI=1S/C30H15F3N6O6/c31-22-10-16(40)1-4-19(22)25-34-28(43-37-25)13-7-14(29-35-26(38-44-29)20-5-2-17(41)11-23(20)32)9-15(8-13)30-36-27(39-45-30)21-6-3-18(42)12-24(21)33/h1-12,40-42H. The normalized spacial score (nSPS) is 11.3. The fourth-order valence-corrected chi connectivity index (χ4v) is 4.40. The molecule has 0 amide bonds. The molecule has 0 radical (unpaired) electrons. The Balaban J connectivity index is 1.33. The van der Waals surface area contributed by atoms with Crippen molar-refractivity contribution in [1.29, 1.82) is 0 Å². The summed E-state index contributed by atoms with van der Waals surface area (Å²) in [6, 6.07) is 14.9. The maximum absolute atomic E-state index is 14.5. The number of hydrogen-bond donors (Lipinski definition) is 3. The van der Waals surface area contributed by atoms with Crippen LogP contribution in [0, 0.1) is 17.5 Å². The average molecular weight is 612 g/mol. The molecule has 7 aromatic rings. The predicted molar refractivity (Wildman–Crippen MR) is 147 cm³/mol. The summed E-state index contributed by atoms with van der Waals surface area (Å²) in [6.45, 7) is 0. The first-order chi connectivity index (χ1) is 21.7. The second-order valence-electron chi connectivity index (χ2n) is 9.56. The van der Waals surface area contributed by atoms with Crippen LogP contribution in [0.1, 0.15) is 0 Å². The summed E-state index contributed by atoms with van der Waals surface area (Å²) in [7, 11) is 0. The van der Waals surface area contributed by atoms with Crippen molar-refractivity contribution in [3.05, 3.63) is 90.2 Å². The fourth-order valence-electron chi connectivity index (χ4n) is 4.40. The first-order valence-electron chi connectivity index (χ1n) is 12.9. The smallest absolute Gasteiger partial charge is 0.258 e. The van der Waals surface area contributed by atoms with E-state index in [1.807, 2.05) is 0 Å². The van der Waals surface area contributed by atoms with Gasteiger partial charge in [-0.05, 0) is 54.6 Å². The zero-order valence-electron chi connectivity index (χ0n) is 22.3. The van der Waals surface area contributed by atoms with Gasteiger partial charge in [0.25, 0.3) is 17.7 Å². The Morgan fingerprint density at radius 3 is 0.978 bits per heavy atom. The number of halogens is 3. The van der Waals surface area contributed by atoms with E-state index in [2.05, 4.69) is 30.4 Å². The summed E-state index contributed by atoms with van der Waals surface area (Å²) in [5.74, 6) is -3.75. The molecule has 0 fully saturated rings. The molecule has 3 aromatic heterocycles. The summed E-state index contributed by atoms with van der Waals surface area (Å²) in [6.07, 6.45) is 0. The van der Waals surface area contributed by atoms with Crippen LogP contribution in [0.5, 0.6) is 17.2 Å². The highest BCUT2D eigenvalue weighted by atomic mass is 19.1. The van der Waals surface area contributed by atoms with Crippen molar-refractivity contribution < 1.29 is 42.1 Å². The maximum atomic E-state index is 14.5. The number of benzene rings is 4. The largest absolute Gasteiger partial charge is 0.508 e. The highest BCUT2D eigenvalue weighted by Crippen LogP contribution is 2.35. The number of nitrogens with zero attached hydrogens (tertiary/aromatic N) is 6. The minimum atomic E-state index is -0.781. The molecule has 3 N–H and O–H groups in total. The SMILES string of the molecule is Oc1ccc(-c2noc(-c3cc(-c4nc(-c5ccc(O)cc5F)no4)cc(-c4nc(-c5ccc(O)cc5F)no4)c3)n2)c(F)c1. The summed E-state index contributed by atoms with van der Waals surface area (Å²) in [5, 5.41) is 40.2. The Kier molecular flexibility index (Phi) is 6.46. The van der Waals surface area contributed by atoms with Gasteiger partial charge in [0.1, 0.15) is 34.7 Å². The lowest BCUT2D eigenvalue weighted by atomic mass is 10.0. The molecular weight excluding hydrogens is 597 g/mol. The summed E-state index contributed by atoms with van der Waals surface area (Å²) >= 11 is 0. The lowest BCUT2D eigenvalue weighted by Gasteiger charge is -2.03. The van der Waals surface area contributed by atoms with Crippen LogP contribution in [-0.4, -0.2) is 45.7 Å². The summed E-state index contributed by atoms with van der Waals surface area (Å²) < 4.78 is 59.7. The van der Waals surface area contributed by atoms with E-state index in [0.717, 1.165) is 18.2 Å². The van der Waals surface area contributed by atoms with Gasteiger partial charge in [-0.15, -0.1) is 0 Å². The van der Waals surface area contributed by atoms with E-state index >= 15 is 0 Å². The quantitative estimate of drug-likeness (QED) is 0.189. The van der Waals surface area contributed by atoms with Gasteiger partial charge in [-0.3, -0.25) is 0 Å². The Morgan fingerprint density at radius 2 is 0.711 bits per heavy atom. The molecule has 0 aliphatic carbocycles. The van der Waals surface area contributed by atoms with Crippen molar-refractivity contribution >= 4 is 0 Å². The minimum absolute atomic E-state index is 0.0332. The Labute approximate surface area is 248 Å². The number of rotatable bonds is 6. The molecule has 0 aliphatic heterocycles. The Morgan fingerprint density at radius 1 is 0.422 bits per heavy atom. The van der Waals surface area contributed by atoms with Crippen LogP contribution in [0.3, 0.4) is 0 Å². The van der Waals surface area contributed by atoms with Gasteiger partial charge < -0.3 is 28.9 Å². The molecule has 7 rings (SSSR count). The van der Waals surface area contributed by atoms with Gasteiger partial charge >= 0.3 is 0 Å². The van der Waals surface area contributed by atoms with Crippen molar-refractivity contribution in [2.45, 2.75) is 0 Å². The van der Waals surface area contributed by atoms with Gasteiger partial charge in [0.05, 0.1) is 16.7 Å². The van der Waals surface area contributed by atoms with Crippen LogP contribution >= 0.6 is 0 Å². The van der Waals surface area contributed by atoms with E-state index in [9.17, 15) is 28.5 Å². The Hall–Kier alpha value is -6.51. The van der Waals surface area contributed by atoms with Crippen LogP contribution in [0.15, 0.2) is 86.4 Å². The van der Waals surface area contributed by atoms with Gasteiger partial charge in [-0.25, -0.2) is 13.2 Å². The molecule has 0 atom stereocenters. The van der Waals surface area contributed by atoms with Crippen molar-refractivity contribution in [3.63, 3.8) is 0 Å². The highest BCUT2D eigenvalue weighted by Gasteiger charge is 2.22. The van der Waals surface area contributed by atoms with Gasteiger partial charge in [0.2, 0.25) is 17.5 Å². The maximum Gasteiger partial charge on any atom is 0.258 e. The van der Waals surface area contributed by atoms with E-state index in [4.69, 9.17) is 13.6 Å². The van der Waals surface area contributed by atoms with E-state index in [-0.39, 0.29) is 85.8 Å². The van der Waals surface area contributed by atoms with Gasteiger partial charge in [-0.1, -0.05) is 15.5 Å². The lowest BCUT2D eigenvalue weighted by Crippen LogP contribution is -1.89. The molecule has 0 saturated carbocycles. The molecule has 0 aliphatic rings. The molecular formula is C30H15F3N6O6. The van der Waals surface area contributed by atoms with E-state index in [1.54, 1.807) is 0 Å². The molecule has 12 nitrogen and oxygen atoms in total. The lowest BCUT2D eigenvalue weighted by molar-refractivity contribution is 0.428. The number of aromatic hydroxyl groups is 3. The third kappa shape index (κ3) is 5.18. The predicted octanol–water partition coefficient (Wildman–Crippen LogP) is 6.37. The Bertz CT molecular complexity index is 1970. The molecule has 45 heavy (non-hydrogen) atoms. The van der Waals surface area contributed by atoms with E-state index in [1.165, 1.54) is 54.6 Å². The number of hydrogen-bond acceptors (Lipinski definition) is 12. The van der Waals surface area contributed by atoms with Gasteiger partial charge in [0, 0.05) is 34.9 Å². The topological polar surface area (TPSA) is 177 Å². The first-order valence-corrected chi connectivity index (χ1v) is 12.9. The molecule has 0 spiro atoms. The van der Waals surface area contributed by atoms with Crippen molar-refractivity contribution in [2.24, 2.45) is 0 Å². The summed E-state index contributed by atoms with van der Waals surface area (Å²) in [4.78, 5) is 12.8. The van der Waals surface area contributed by atoms with Crippen LogP contribution in [0.4, 0.5) is 13.2 Å². The molecule has 0 bridgehead atoms. The van der Waals surface area contributed by atoms with Gasteiger partial charge in [0.15, 0.2) is 0 Å². The highest BCUT2D eigenvalue weighted by molar-refractivity contribution is 5.75. The molecule has 4 aromatic carbocycles. The summed E-state index contributed by atoms with van der Waals surface area (Å²) in [5.41, 5.74) is 0.669. The second-order valence-corrected chi connectivity index (χ2v) is 9.56. The third-order valence-electron chi connectivity index (χ3n) is 6.53. The molecule has 0 unspecified atom stereocenters. The molecule has 0 saturated heterocycles. The minimum Gasteiger partial charge on any atom is -0.508 e. The van der Waals surface area contributed by atoms with E-state index < -0.39 is 17.5 Å². The average Bonchev–Trinajstić information content (AvgIpc) is 3.79. The van der Waals surface area contributed by atoms with Crippen molar-refractivity contribution in [1.82, 2.24) is 30.4 Å². The van der Waals surface area contributed by atoms with Gasteiger partial charge in [-0.2, -0.15) is 15.0 Å². The second kappa shape index (κ2) is 10.6. The number of aromatic nitrogens is 6. The third-order valence-corrected chi connectivity index (χ3v) is 6.53. The molecule has 222 valence electrons. The van der Waals surface area contributed by atoms with Crippen LogP contribution in [0.2, 0.25) is 0 Å². The van der Waals surface area contributed by atoms with Crippen LogP contribution < -0.4 is 0 Å². The zero-order chi connectivity index (χ0) is 31.2. The number of phenols is 3. The number of phenolic OH excluding ortho intramolecular Hbond substituents is 3. The molecule has 15 heteroatoms. The van der Waals surface area contributed by atoms with Crippen molar-refractivity contribution in [2.75, 3.05) is 0 Å². The van der Waals surface area contributed by atoms with Crippen molar-refractivity contribution in [3.8, 4) is 85.8 Å². The monoisotopic (exact) mass is 612 g/mol. The fraction of sp³-hybridized carbons (Fsp3) is 0. The van der Waals surface area contributed by atoms with E-state index in [0.29, 0.717) is 0 Å². The molecule has 3 heterocycles.